The lowest BCUT2D eigenvalue weighted by Crippen LogP contribution is -2.15. The Labute approximate surface area is 117 Å². The second-order valence-corrected chi connectivity index (χ2v) is 5.15. The standard InChI is InChI=1S/C15H15ClN2O/c16-12-7-10-4-6-19-15(10)11(8-12)9-13(17)14-3-1-2-5-18-14/h1-3,5,7-8,13H,4,6,9,17H2. The molecule has 4 heteroatoms. The maximum absolute atomic E-state index is 6.21. The molecule has 1 aliphatic heterocycles. The molecule has 1 aliphatic rings. The van der Waals surface area contributed by atoms with Gasteiger partial charge in [0, 0.05) is 17.6 Å². The summed E-state index contributed by atoms with van der Waals surface area (Å²) in [7, 11) is 0. The Morgan fingerprint density at radius 2 is 2.26 bits per heavy atom. The van der Waals surface area contributed by atoms with Gasteiger partial charge >= 0.3 is 0 Å². The molecule has 3 rings (SSSR count). The average Bonchev–Trinajstić information content (AvgIpc) is 2.88. The molecule has 3 nitrogen and oxygen atoms in total. The van der Waals surface area contributed by atoms with Crippen LogP contribution in [0.15, 0.2) is 36.5 Å². The number of aromatic nitrogens is 1. The highest BCUT2D eigenvalue weighted by Crippen LogP contribution is 2.34. The van der Waals surface area contributed by atoms with Crippen molar-refractivity contribution in [2.24, 2.45) is 5.73 Å². The molecule has 0 saturated carbocycles. The Hall–Kier alpha value is -1.58. The zero-order valence-corrected chi connectivity index (χ0v) is 11.2. The molecule has 1 unspecified atom stereocenters. The minimum absolute atomic E-state index is 0.145. The summed E-state index contributed by atoms with van der Waals surface area (Å²) in [6.45, 7) is 0.724. The van der Waals surface area contributed by atoms with Gasteiger partial charge in [-0.2, -0.15) is 0 Å². The van der Waals surface area contributed by atoms with E-state index in [1.54, 1.807) is 6.20 Å². The summed E-state index contributed by atoms with van der Waals surface area (Å²) in [4.78, 5) is 4.29. The van der Waals surface area contributed by atoms with Gasteiger partial charge in [0.15, 0.2) is 0 Å². The largest absolute Gasteiger partial charge is 0.493 e. The van der Waals surface area contributed by atoms with E-state index < -0.39 is 0 Å². The highest BCUT2D eigenvalue weighted by molar-refractivity contribution is 6.30. The van der Waals surface area contributed by atoms with Crippen molar-refractivity contribution in [1.82, 2.24) is 4.98 Å². The number of hydrogen-bond acceptors (Lipinski definition) is 3. The molecule has 98 valence electrons. The van der Waals surface area contributed by atoms with Gasteiger partial charge in [0.05, 0.1) is 18.3 Å². The number of nitrogens with zero attached hydrogens (tertiary/aromatic N) is 1. The molecule has 0 amide bonds. The third kappa shape index (κ3) is 2.57. The molecule has 19 heavy (non-hydrogen) atoms. The maximum atomic E-state index is 6.21. The molecular weight excluding hydrogens is 260 g/mol. The van der Waals surface area contributed by atoms with Gasteiger partial charge in [-0.25, -0.2) is 0 Å². The first-order chi connectivity index (χ1) is 9.24. The van der Waals surface area contributed by atoms with Crippen molar-refractivity contribution >= 4 is 11.6 Å². The van der Waals surface area contributed by atoms with Crippen LogP contribution < -0.4 is 10.5 Å². The van der Waals surface area contributed by atoms with Crippen molar-refractivity contribution in [3.05, 3.63) is 58.4 Å². The first-order valence-electron chi connectivity index (χ1n) is 6.34. The van der Waals surface area contributed by atoms with E-state index in [0.29, 0.717) is 6.42 Å². The zero-order valence-electron chi connectivity index (χ0n) is 10.5. The van der Waals surface area contributed by atoms with Crippen LogP contribution in [0.1, 0.15) is 22.9 Å². The Balaban J connectivity index is 1.88. The lowest BCUT2D eigenvalue weighted by atomic mass is 10.00. The molecule has 0 aliphatic carbocycles. The average molecular weight is 275 g/mol. The summed E-state index contributed by atoms with van der Waals surface area (Å²) in [6, 6.07) is 9.54. The highest BCUT2D eigenvalue weighted by atomic mass is 35.5. The fourth-order valence-electron chi connectivity index (χ4n) is 2.43. The quantitative estimate of drug-likeness (QED) is 0.936. The van der Waals surface area contributed by atoms with Crippen molar-refractivity contribution in [2.75, 3.05) is 6.61 Å². The van der Waals surface area contributed by atoms with E-state index >= 15 is 0 Å². The van der Waals surface area contributed by atoms with E-state index in [0.717, 1.165) is 35.1 Å². The fraction of sp³-hybridized carbons (Fsp3) is 0.267. The first-order valence-corrected chi connectivity index (χ1v) is 6.72. The van der Waals surface area contributed by atoms with Crippen LogP contribution in [-0.4, -0.2) is 11.6 Å². The van der Waals surface area contributed by atoms with E-state index in [1.165, 1.54) is 5.56 Å². The van der Waals surface area contributed by atoms with Crippen molar-refractivity contribution < 1.29 is 4.74 Å². The monoisotopic (exact) mass is 274 g/mol. The van der Waals surface area contributed by atoms with Crippen LogP contribution in [0.4, 0.5) is 0 Å². The molecule has 1 atom stereocenters. The van der Waals surface area contributed by atoms with Crippen LogP contribution in [0.5, 0.6) is 5.75 Å². The predicted octanol–water partition coefficient (Wildman–Crippen LogP) is 2.91. The summed E-state index contributed by atoms with van der Waals surface area (Å²) in [5, 5.41) is 0.743. The molecule has 2 heterocycles. The van der Waals surface area contributed by atoms with E-state index in [1.807, 2.05) is 30.3 Å². The minimum Gasteiger partial charge on any atom is -0.493 e. The normalized spacial score (nSPS) is 14.8. The number of pyridine rings is 1. The van der Waals surface area contributed by atoms with E-state index in [-0.39, 0.29) is 6.04 Å². The number of halogens is 1. The Bertz CT molecular complexity index is 586. The Morgan fingerprint density at radius 1 is 1.37 bits per heavy atom. The Kier molecular flexibility index (Phi) is 3.40. The number of benzene rings is 1. The van der Waals surface area contributed by atoms with E-state index in [4.69, 9.17) is 22.1 Å². The van der Waals surface area contributed by atoms with Gasteiger partial charge in [0.2, 0.25) is 0 Å². The lowest BCUT2D eigenvalue weighted by Gasteiger charge is -2.14. The third-order valence-corrected chi connectivity index (χ3v) is 3.55. The molecule has 1 aromatic heterocycles. The van der Waals surface area contributed by atoms with Crippen LogP contribution in [0, 0.1) is 0 Å². The molecule has 0 spiro atoms. The van der Waals surface area contributed by atoms with Gasteiger partial charge in [0.1, 0.15) is 5.75 Å². The molecule has 0 radical (unpaired) electrons. The van der Waals surface area contributed by atoms with Crippen LogP contribution >= 0.6 is 11.6 Å². The van der Waals surface area contributed by atoms with Gasteiger partial charge < -0.3 is 10.5 Å². The maximum Gasteiger partial charge on any atom is 0.125 e. The van der Waals surface area contributed by atoms with Crippen molar-refractivity contribution in [2.45, 2.75) is 18.9 Å². The molecule has 1 aromatic carbocycles. The van der Waals surface area contributed by atoms with Crippen LogP contribution in [0.25, 0.3) is 0 Å². The minimum atomic E-state index is -0.145. The summed E-state index contributed by atoms with van der Waals surface area (Å²) in [5.41, 5.74) is 9.34. The van der Waals surface area contributed by atoms with Crippen LogP contribution in [0.3, 0.4) is 0 Å². The fourth-order valence-corrected chi connectivity index (χ4v) is 2.70. The van der Waals surface area contributed by atoms with Crippen molar-refractivity contribution in [3.8, 4) is 5.75 Å². The van der Waals surface area contributed by atoms with Gasteiger partial charge in [-0.05, 0) is 41.8 Å². The van der Waals surface area contributed by atoms with Crippen LogP contribution in [0.2, 0.25) is 5.02 Å². The van der Waals surface area contributed by atoms with Gasteiger partial charge in [-0.1, -0.05) is 17.7 Å². The van der Waals surface area contributed by atoms with Gasteiger partial charge in [0.25, 0.3) is 0 Å². The topological polar surface area (TPSA) is 48.1 Å². The summed E-state index contributed by atoms with van der Waals surface area (Å²) in [6.07, 6.45) is 3.36. The first kappa shape index (κ1) is 12.5. The summed E-state index contributed by atoms with van der Waals surface area (Å²) >= 11 is 6.15. The van der Waals surface area contributed by atoms with E-state index in [2.05, 4.69) is 4.98 Å². The van der Waals surface area contributed by atoms with Crippen LogP contribution in [-0.2, 0) is 12.8 Å². The number of ether oxygens (including phenoxy) is 1. The molecule has 2 aromatic rings. The van der Waals surface area contributed by atoms with Crippen molar-refractivity contribution in [3.63, 3.8) is 0 Å². The molecule has 0 bridgehead atoms. The zero-order chi connectivity index (χ0) is 13.2. The van der Waals surface area contributed by atoms with Gasteiger partial charge in [-0.15, -0.1) is 0 Å². The molecular formula is C15H15ClN2O. The number of rotatable bonds is 3. The second-order valence-electron chi connectivity index (χ2n) is 4.72. The smallest absolute Gasteiger partial charge is 0.125 e. The molecule has 0 saturated heterocycles. The highest BCUT2D eigenvalue weighted by Gasteiger charge is 2.19. The summed E-state index contributed by atoms with van der Waals surface area (Å²) in [5.74, 6) is 0.954. The van der Waals surface area contributed by atoms with E-state index in [9.17, 15) is 0 Å². The number of hydrogen-bond donors (Lipinski definition) is 1. The van der Waals surface area contributed by atoms with Gasteiger partial charge in [-0.3, -0.25) is 4.98 Å². The third-order valence-electron chi connectivity index (χ3n) is 3.33. The summed E-state index contributed by atoms with van der Waals surface area (Å²) < 4.78 is 5.69. The second kappa shape index (κ2) is 5.19. The molecule has 2 N–H and O–H groups in total. The SMILES string of the molecule is NC(Cc1cc(Cl)cc2c1OCC2)c1ccccn1. The Morgan fingerprint density at radius 3 is 3.05 bits per heavy atom. The molecule has 0 fully saturated rings. The predicted molar refractivity (Wildman–Crippen MR) is 75.5 cm³/mol. The number of nitrogens with two attached hydrogens (primary N) is 1. The van der Waals surface area contributed by atoms with Crippen molar-refractivity contribution in [1.29, 1.82) is 0 Å². The lowest BCUT2D eigenvalue weighted by molar-refractivity contribution is 0.352. The number of fused-ring (bicyclic) bond motifs is 1.